The molecule has 0 saturated carbocycles. The number of rotatable bonds is 1. The first-order chi connectivity index (χ1) is 9.83. The van der Waals surface area contributed by atoms with Gasteiger partial charge in [0.2, 0.25) is 0 Å². The van der Waals surface area contributed by atoms with Gasteiger partial charge in [0.05, 0.1) is 0 Å². The summed E-state index contributed by atoms with van der Waals surface area (Å²) in [5.74, 6) is -0.151. The van der Waals surface area contributed by atoms with Gasteiger partial charge in [-0.1, -0.05) is 18.2 Å². The molecular weight excluding hydrogens is 251 g/mol. The molecule has 2 aliphatic rings. The third-order valence-corrected chi connectivity index (χ3v) is 4.35. The molecule has 0 fully saturated rings. The number of fused-ring (bicyclic) bond motifs is 2. The number of nitrogens with one attached hydrogen (secondary N) is 1. The van der Waals surface area contributed by atoms with Crippen LogP contribution in [-0.4, -0.2) is 13.1 Å². The minimum Gasteiger partial charge on any atom is -0.341 e. The normalized spacial score (nSPS) is 16.9. The second-order valence-electron chi connectivity index (χ2n) is 5.52. The zero-order valence-corrected chi connectivity index (χ0v) is 11.3. The molecule has 2 aromatic carbocycles. The van der Waals surface area contributed by atoms with E-state index in [1.54, 1.807) is 12.1 Å². The predicted octanol–water partition coefficient (Wildman–Crippen LogP) is 3.17. The number of hydrogen-bond donors (Lipinski definition) is 1. The Bertz CT molecular complexity index is 666. The van der Waals surface area contributed by atoms with Gasteiger partial charge in [-0.3, -0.25) is 0 Å². The molecule has 20 heavy (non-hydrogen) atoms. The van der Waals surface area contributed by atoms with Gasteiger partial charge in [-0.25, -0.2) is 4.39 Å². The Labute approximate surface area is 118 Å². The van der Waals surface area contributed by atoms with Crippen molar-refractivity contribution in [3.05, 3.63) is 58.9 Å². The maximum atomic E-state index is 13.6. The topological polar surface area (TPSA) is 15.3 Å². The molecule has 2 aliphatic heterocycles. The summed E-state index contributed by atoms with van der Waals surface area (Å²) in [7, 11) is 0. The van der Waals surface area contributed by atoms with Crippen LogP contribution < -0.4 is 10.2 Å². The molecule has 0 aromatic heterocycles. The highest BCUT2D eigenvalue weighted by atomic mass is 19.1. The first kappa shape index (κ1) is 11.9. The summed E-state index contributed by atoms with van der Waals surface area (Å²) in [6.07, 6.45) is 2.05. The van der Waals surface area contributed by atoms with Crippen molar-refractivity contribution in [3.63, 3.8) is 0 Å². The Morgan fingerprint density at radius 3 is 2.90 bits per heavy atom. The average Bonchev–Trinajstić information content (AvgIpc) is 2.89. The van der Waals surface area contributed by atoms with Crippen LogP contribution >= 0.6 is 0 Å². The predicted molar refractivity (Wildman–Crippen MR) is 79.0 cm³/mol. The molecule has 0 atom stereocenters. The van der Waals surface area contributed by atoms with Crippen LogP contribution in [0.25, 0.3) is 0 Å². The van der Waals surface area contributed by atoms with Crippen molar-refractivity contribution < 1.29 is 4.39 Å². The van der Waals surface area contributed by atoms with E-state index in [0.717, 1.165) is 38.2 Å². The van der Waals surface area contributed by atoms with Crippen molar-refractivity contribution in [2.24, 2.45) is 0 Å². The van der Waals surface area contributed by atoms with Crippen molar-refractivity contribution in [1.82, 2.24) is 5.32 Å². The average molecular weight is 268 g/mol. The van der Waals surface area contributed by atoms with E-state index >= 15 is 0 Å². The van der Waals surface area contributed by atoms with Gasteiger partial charge in [0.15, 0.2) is 0 Å². The van der Waals surface area contributed by atoms with E-state index in [-0.39, 0.29) is 5.82 Å². The summed E-state index contributed by atoms with van der Waals surface area (Å²) in [5.41, 5.74) is 6.34. The molecule has 2 heterocycles. The Kier molecular flexibility index (Phi) is 2.74. The van der Waals surface area contributed by atoms with E-state index in [1.807, 2.05) is 6.07 Å². The largest absolute Gasteiger partial charge is 0.341 e. The van der Waals surface area contributed by atoms with Gasteiger partial charge < -0.3 is 10.2 Å². The quantitative estimate of drug-likeness (QED) is 0.854. The fourth-order valence-electron chi connectivity index (χ4n) is 3.37. The first-order valence-corrected chi connectivity index (χ1v) is 7.20. The molecule has 0 unspecified atom stereocenters. The number of anilines is 2. The van der Waals surface area contributed by atoms with E-state index in [4.69, 9.17) is 0 Å². The molecule has 0 bridgehead atoms. The third kappa shape index (κ3) is 1.81. The summed E-state index contributed by atoms with van der Waals surface area (Å²) in [5, 5.41) is 3.41. The molecule has 0 saturated heterocycles. The standard InChI is InChI=1S/C17H17FN2/c18-14-5-4-12-7-9-20(17(12)10-14)16-3-1-2-13-11-19-8-6-15(13)16/h1-5,10,19H,6-9,11H2. The Morgan fingerprint density at radius 1 is 1.00 bits per heavy atom. The van der Waals surface area contributed by atoms with E-state index in [0.29, 0.717) is 0 Å². The SMILES string of the molecule is Fc1ccc2c(c1)N(c1cccc3c1CCNC3)CC2. The lowest BCUT2D eigenvalue weighted by atomic mass is 9.98. The molecule has 102 valence electrons. The molecular formula is C17H17FN2. The van der Waals surface area contributed by atoms with E-state index in [9.17, 15) is 4.39 Å². The number of halogens is 1. The lowest BCUT2D eigenvalue weighted by Gasteiger charge is -2.27. The second kappa shape index (κ2) is 4.60. The molecule has 0 aliphatic carbocycles. The molecule has 0 amide bonds. The number of benzene rings is 2. The van der Waals surface area contributed by atoms with Crippen LogP contribution in [0.3, 0.4) is 0 Å². The Balaban J connectivity index is 1.82. The van der Waals surface area contributed by atoms with Crippen LogP contribution in [0.15, 0.2) is 36.4 Å². The molecule has 3 heteroatoms. The van der Waals surface area contributed by atoms with Crippen molar-refractivity contribution in [2.45, 2.75) is 19.4 Å². The maximum Gasteiger partial charge on any atom is 0.125 e. The highest BCUT2D eigenvalue weighted by molar-refractivity contribution is 5.73. The second-order valence-corrected chi connectivity index (χ2v) is 5.52. The molecule has 2 nitrogen and oxygen atoms in total. The smallest absolute Gasteiger partial charge is 0.125 e. The van der Waals surface area contributed by atoms with Crippen LogP contribution in [0.5, 0.6) is 0 Å². The summed E-state index contributed by atoms with van der Waals surface area (Å²) in [4.78, 5) is 2.28. The van der Waals surface area contributed by atoms with Gasteiger partial charge >= 0.3 is 0 Å². The summed E-state index contributed by atoms with van der Waals surface area (Å²) >= 11 is 0. The minimum absolute atomic E-state index is 0.151. The molecule has 0 radical (unpaired) electrons. The van der Waals surface area contributed by atoms with E-state index in [1.165, 1.54) is 22.4 Å². The van der Waals surface area contributed by atoms with Crippen LogP contribution in [0.4, 0.5) is 15.8 Å². The highest BCUT2D eigenvalue weighted by Crippen LogP contribution is 2.38. The van der Waals surface area contributed by atoms with Gasteiger partial charge in [0.1, 0.15) is 5.82 Å². The van der Waals surface area contributed by atoms with Gasteiger partial charge in [0, 0.05) is 24.5 Å². The summed E-state index contributed by atoms with van der Waals surface area (Å²) < 4.78 is 13.6. The van der Waals surface area contributed by atoms with Gasteiger partial charge in [-0.2, -0.15) is 0 Å². The van der Waals surface area contributed by atoms with Gasteiger partial charge in [-0.05, 0) is 54.3 Å². The fourth-order valence-corrected chi connectivity index (χ4v) is 3.37. The van der Waals surface area contributed by atoms with Crippen molar-refractivity contribution in [1.29, 1.82) is 0 Å². The van der Waals surface area contributed by atoms with Crippen molar-refractivity contribution in [3.8, 4) is 0 Å². The molecule has 0 spiro atoms. The highest BCUT2D eigenvalue weighted by Gasteiger charge is 2.24. The third-order valence-electron chi connectivity index (χ3n) is 4.35. The summed E-state index contributed by atoms with van der Waals surface area (Å²) in [6, 6.07) is 11.6. The number of hydrogen-bond acceptors (Lipinski definition) is 2. The van der Waals surface area contributed by atoms with Crippen LogP contribution in [0.2, 0.25) is 0 Å². The molecule has 1 N–H and O–H groups in total. The first-order valence-electron chi connectivity index (χ1n) is 7.20. The Morgan fingerprint density at radius 2 is 1.95 bits per heavy atom. The number of nitrogens with zero attached hydrogens (tertiary/aromatic N) is 1. The zero-order valence-electron chi connectivity index (χ0n) is 11.3. The summed E-state index contributed by atoms with van der Waals surface area (Å²) in [6.45, 7) is 2.91. The lowest BCUT2D eigenvalue weighted by molar-refractivity contribution is 0.627. The van der Waals surface area contributed by atoms with Crippen LogP contribution in [0, 0.1) is 5.82 Å². The lowest BCUT2D eigenvalue weighted by Crippen LogP contribution is -2.26. The maximum absolute atomic E-state index is 13.6. The van der Waals surface area contributed by atoms with Crippen molar-refractivity contribution >= 4 is 11.4 Å². The van der Waals surface area contributed by atoms with Crippen LogP contribution in [0.1, 0.15) is 16.7 Å². The monoisotopic (exact) mass is 268 g/mol. The van der Waals surface area contributed by atoms with Gasteiger partial charge in [0.25, 0.3) is 0 Å². The molecule has 2 aromatic rings. The van der Waals surface area contributed by atoms with Crippen LogP contribution in [-0.2, 0) is 19.4 Å². The zero-order chi connectivity index (χ0) is 13.5. The van der Waals surface area contributed by atoms with E-state index in [2.05, 4.69) is 28.4 Å². The Hall–Kier alpha value is -1.87. The van der Waals surface area contributed by atoms with Gasteiger partial charge in [-0.15, -0.1) is 0 Å². The molecule has 4 rings (SSSR count). The van der Waals surface area contributed by atoms with E-state index < -0.39 is 0 Å². The van der Waals surface area contributed by atoms with Crippen molar-refractivity contribution in [2.75, 3.05) is 18.0 Å². The minimum atomic E-state index is -0.151. The fraction of sp³-hybridized carbons (Fsp3) is 0.294.